The van der Waals surface area contributed by atoms with E-state index in [0.717, 1.165) is 32.2 Å². The van der Waals surface area contributed by atoms with Crippen molar-refractivity contribution < 1.29 is 4.79 Å². The molecule has 0 spiro atoms. The largest absolute Gasteiger partial charge is 0.352 e. The molecule has 0 unspecified atom stereocenters. The van der Waals surface area contributed by atoms with Gasteiger partial charge in [0.05, 0.1) is 6.04 Å². The molecule has 2 aliphatic rings. The molecule has 2 rings (SSSR count). The van der Waals surface area contributed by atoms with Crippen molar-refractivity contribution in [3.8, 4) is 0 Å². The first-order valence-corrected chi connectivity index (χ1v) is 6.50. The second-order valence-corrected chi connectivity index (χ2v) is 4.99. The Kier molecular flexibility index (Phi) is 4.18. The van der Waals surface area contributed by atoms with Crippen LogP contribution in [-0.2, 0) is 4.79 Å². The quantitative estimate of drug-likeness (QED) is 0.651. The van der Waals surface area contributed by atoms with Crippen LogP contribution in [0.5, 0.6) is 0 Å². The monoisotopic (exact) mass is 225 g/mol. The minimum Gasteiger partial charge on any atom is -0.352 e. The summed E-state index contributed by atoms with van der Waals surface area (Å²) in [7, 11) is 2.02. The molecule has 0 radical (unpaired) electrons. The van der Waals surface area contributed by atoms with Crippen molar-refractivity contribution in [1.82, 2.24) is 16.0 Å². The van der Waals surface area contributed by atoms with Gasteiger partial charge in [0.1, 0.15) is 0 Å². The van der Waals surface area contributed by atoms with Crippen molar-refractivity contribution >= 4 is 5.91 Å². The first-order chi connectivity index (χ1) is 7.79. The molecule has 1 saturated carbocycles. The maximum Gasteiger partial charge on any atom is 0.237 e. The third kappa shape index (κ3) is 2.95. The van der Waals surface area contributed by atoms with Crippen LogP contribution in [0.1, 0.15) is 38.5 Å². The van der Waals surface area contributed by atoms with Crippen molar-refractivity contribution in [2.45, 2.75) is 56.7 Å². The summed E-state index contributed by atoms with van der Waals surface area (Å²) in [4.78, 5) is 11.9. The molecule has 1 aliphatic carbocycles. The Morgan fingerprint density at radius 3 is 2.38 bits per heavy atom. The van der Waals surface area contributed by atoms with Gasteiger partial charge in [-0.25, -0.2) is 0 Å². The molecule has 4 nitrogen and oxygen atoms in total. The smallest absolute Gasteiger partial charge is 0.237 e. The van der Waals surface area contributed by atoms with Gasteiger partial charge in [0.2, 0.25) is 5.91 Å². The normalized spacial score (nSPS) is 34.9. The van der Waals surface area contributed by atoms with Gasteiger partial charge < -0.3 is 16.0 Å². The molecule has 1 saturated heterocycles. The van der Waals surface area contributed by atoms with Gasteiger partial charge in [-0.2, -0.15) is 0 Å². The lowest BCUT2D eigenvalue weighted by Crippen LogP contribution is -2.47. The van der Waals surface area contributed by atoms with E-state index in [4.69, 9.17) is 0 Å². The summed E-state index contributed by atoms with van der Waals surface area (Å²) >= 11 is 0. The first-order valence-electron chi connectivity index (χ1n) is 6.50. The fourth-order valence-corrected chi connectivity index (χ4v) is 2.74. The number of hydrogen-bond donors (Lipinski definition) is 3. The minimum absolute atomic E-state index is 0.0713. The van der Waals surface area contributed by atoms with E-state index in [-0.39, 0.29) is 11.9 Å². The molecule has 16 heavy (non-hydrogen) atoms. The maximum absolute atomic E-state index is 11.9. The van der Waals surface area contributed by atoms with Crippen LogP contribution < -0.4 is 16.0 Å². The molecule has 1 heterocycles. The molecule has 92 valence electrons. The molecule has 3 N–H and O–H groups in total. The Bertz CT molecular complexity index is 230. The predicted molar refractivity (Wildman–Crippen MR) is 64.3 cm³/mol. The molecular formula is C12H23N3O. The van der Waals surface area contributed by atoms with Crippen LogP contribution in [0.15, 0.2) is 0 Å². The molecule has 0 aromatic heterocycles. The lowest BCUT2D eigenvalue weighted by Gasteiger charge is -2.29. The second kappa shape index (κ2) is 5.64. The van der Waals surface area contributed by atoms with Gasteiger partial charge in [-0.05, 0) is 52.1 Å². The highest BCUT2D eigenvalue weighted by Crippen LogP contribution is 2.18. The minimum atomic E-state index is 0.0713. The molecule has 0 aromatic rings. The number of hydrogen-bond acceptors (Lipinski definition) is 3. The SMILES string of the molecule is CNC1CCC(NC(=O)[C@@H]2CCCN2)CC1. The Morgan fingerprint density at radius 2 is 1.81 bits per heavy atom. The lowest BCUT2D eigenvalue weighted by molar-refractivity contribution is -0.123. The van der Waals surface area contributed by atoms with Gasteiger partial charge in [-0.1, -0.05) is 0 Å². The lowest BCUT2D eigenvalue weighted by atomic mass is 9.91. The molecule has 2 fully saturated rings. The van der Waals surface area contributed by atoms with Gasteiger partial charge in [-0.3, -0.25) is 4.79 Å². The summed E-state index contributed by atoms with van der Waals surface area (Å²) in [6.07, 6.45) is 6.72. The number of nitrogens with one attached hydrogen (secondary N) is 3. The highest BCUT2D eigenvalue weighted by Gasteiger charge is 2.26. The standard InChI is InChI=1S/C12H23N3O/c1-13-9-4-6-10(7-5-9)15-12(16)11-3-2-8-14-11/h9-11,13-14H,2-8H2,1H3,(H,15,16)/t9?,10?,11-/m0/s1. The van der Waals surface area contributed by atoms with Crippen molar-refractivity contribution in [1.29, 1.82) is 0 Å². The number of rotatable bonds is 3. The van der Waals surface area contributed by atoms with E-state index in [1.165, 1.54) is 12.8 Å². The third-order valence-electron chi connectivity index (χ3n) is 3.86. The zero-order valence-corrected chi connectivity index (χ0v) is 10.1. The van der Waals surface area contributed by atoms with E-state index >= 15 is 0 Å². The molecule has 4 heteroatoms. The zero-order valence-electron chi connectivity index (χ0n) is 10.1. The van der Waals surface area contributed by atoms with Crippen molar-refractivity contribution in [2.24, 2.45) is 0 Å². The molecular weight excluding hydrogens is 202 g/mol. The summed E-state index contributed by atoms with van der Waals surface area (Å²) in [5.41, 5.74) is 0. The topological polar surface area (TPSA) is 53.2 Å². The average molecular weight is 225 g/mol. The Morgan fingerprint density at radius 1 is 1.12 bits per heavy atom. The molecule has 1 aliphatic heterocycles. The molecule has 0 bridgehead atoms. The molecule has 0 aromatic carbocycles. The van der Waals surface area contributed by atoms with E-state index in [0.29, 0.717) is 12.1 Å². The van der Waals surface area contributed by atoms with Crippen LogP contribution in [-0.4, -0.2) is 37.6 Å². The fraction of sp³-hybridized carbons (Fsp3) is 0.917. The van der Waals surface area contributed by atoms with Gasteiger partial charge in [0.15, 0.2) is 0 Å². The van der Waals surface area contributed by atoms with Gasteiger partial charge >= 0.3 is 0 Å². The van der Waals surface area contributed by atoms with E-state index < -0.39 is 0 Å². The maximum atomic E-state index is 11.9. The van der Waals surface area contributed by atoms with Crippen molar-refractivity contribution in [3.63, 3.8) is 0 Å². The second-order valence-electron chi connectivity index (χ2n) is 4.99. The number of carbonyl (C=O) groups is 1. The average Bonchev–Trinajstić information content (AvgIpc) is 2.83. The molecule has 1 amide bonds. The molecule has 1 atom stereocenters. The third-order valence-corrected chi connectivity index (χ3v) is 3.86. The van der Waals surface area contributed by atoms with Gasteiger partial charge in [-0.15, -0.1) is 0 Å². The Hall–Kier alpha value is -0.610. The Labute approximate surface area is 97.6 Å². The summed E-state index contributed by atoms with van der Waals surface area (Å²) in [6, 6.07) is 1.12. The highest BCUT2D eigenvalue weighted by atomic mass is 16.2. The van der Waals surface area contributed by atoms with Crippen LogP contribution in [0, 0.1) is 0 Å². The van der Waals surface area contributed by atoms with Crippen LogP contribution >= 0.6 is 0 Å². The van der Waals surface area contributed by atoms with Crippen molar-refractivity contribution in [2.75, 3.05) is 13.6 Å². The zero-order chi connectivity index (χ0) is 11.4. The van der Waals surface area contributed by atoms with E-state index in [1.54, 1.807) is 0 Å². The summed E-state index contributed by atoms with van der Waals surface area (Å²) in [6.45, 7) is 0.991. The van der Waals surface area contributed by atoms with Crippen molar-refractivity contribution in [3.05, 3.63) is 0 Å². The van der Waals surface area contributed by atoms with Crippen LogP contribution in [0.2, 0.25) is 0 Å². The Balaban J connectivity index is 1.71. The summed E-state index contributed by atoms with van der Waals surface area (Å²) < 4.78 is 0. The van der Waals surface area contributed by atoms with Crippen LogP contribution in [0.3, 0.4) is 0 Å². The first kappa shape index (κ1) is 11.9. The van der Waals surface area contributed by atoms with E-state index in [2.05, 4.69) is 16.0 Å². The summed E-state index contributed by atoms with van der Waals surface area (Å²) in [5, 5.41) is 9.73. The van der Waals surface area contributed by atoms with Gasteiger partial charge in [0.25, 0.3) is 0 Å². The fourth-order valence-electron chi connectivity index (χ4n) is 2.74. The highest BCUT2D eigenvalue weighted by molar-refractivity contribution is 5.82. The number of amides is 1. The van der Waals surface area contributed by atoms with Gasteiger partial charge in [0, 0.05) is 12.1 Å². The van der Waals surface area contributed by atoms with E-state index in [9.17, 15) is 4.79 Å². The summed E-state index contributed by atoms with van der Waals surface area (Å²) in [5.74, 6) is 0.213. The number of carbonyl (C=O) groups excluding carboxylic acids is 1. The van der Waals surface area contributed by atoms with Crippen LogP contribution in [0.4, 0.5) is 0 Å². The van der Waals surface area contributed by atoms with E-state index in [1.807, 2.05) is 7.05 Å². The van der Waals surface area contributed by atoms with Crippen LogP contribution in [0.25, 0.3) is 0 Å². The predicted octanol–water partition coefficient (Wildman–Crippen LogP) is 0.385.